The molecule has 1 aliphatic heterocycles. The zero-order valence-corrected chi connectivity index (χ0v) is 11.6. The Kier molecular flexibility index (Phi) is 4.97. The lowest BCUT2D eigenvalue weighted by Gasteiger charge is -2.32. The predicted octanol–water partition coefficient (Wildman–Crippen LogP) is 2.16. The van der Waals surface area contributed by atoms with Gasteiger partial charge in [-0.2, -0.15) is 0 Å². The third kappa shape index (κ3) is 3.80. The summed E-state index contributed by atoms with van der Waals surface area (Å²) in [5.41, 5.74) is 2.51. The van der Waals surface area contributed by atoms with Crippen molar-refractivity contribution in [2.45, 2.75) is 32.6 Å². The summed E-state index contributed by atoms with van der Waals surface area (Å²) in [5, 5.41) is 9.20. The normalized spacial score (nSPS) is 19.5. The highest BCUT2D eigenvalue weighted by Crippen LogP contribution is 2.17. The average molecular weight is 261 g/mol. The monoisotopic (exact) mass is 261 g/mol. The van der Waals surface area contributed by atoms with Crippen molar-refractivity contribution >= 4 is 5.91 Å². The number of hydrogen-bond donors (Lipinski definition) is 1. The molecule has 3 nitrogen and oxygen atoms in total. The summed E-state index contributed by atoms with van der Waals surface area (Å²) in [7, 11) is 0. The molecule has 0 aromatic heterocycles. The van der Waals surface area contributed by atoms with E-state index in [9.17, 15) is 9.90 Å². The topological polar surface area (TPSA) is 40.5 Å². The van der Waals surface area contributed by atoms with Crippen molar-refractivity contribution in [2.75, 3.05) is 19.7 Å². The molecule has 1 amide bonds. The Morgan fingerprint density at radius 1 is 1.42 bits per heavy atom. The largest absolute Gasteiger partial charge is 0.396 e. The molecule has 1 saturated heterocycles. The summed E-state index contributed by atoms with van der Waals surface area (Å²) in [5.74, 6) is 0.498. The molecule has 104 valence electrons. The smallest absolute Gasteiger partial charge is 0.222 e. The maximum atomic E-state index is 12.2. The minimum atomic E-state index is 0.196. The Morgan fingerprint density at radius 3 is 2.95 bits per heavy atom. The highest BCUT2D eigenvalue weighted by Gasteiger charge is 2.22. The summed E-state index contributed by atoms with van der Waals surface area (Å²) < 4.78 is 0. The van der Waals surface area contributed by atoms with Gasteiger partial charge >= 0.3 is 0 Å². The van der Waals surface area contributed by atoms with E-state index in [4.69, 9.17) is 0 Å². The fourth-order valence-electron chi connectivity index (χ4n) is 2.73. The number of rotatable bonds is 4. The van der Waals surface area contributed by atoms with Crippen LogP contribution in [0, 0.1) is 12.8 Å². The number of carbonyl (C=O) groups excluding carboxylic acids is 1. The lowest BCUT2D eigenvalue weighted by molar-refractivity contribution is -0.133. The number of carbonyl (C=O) groups is 1. The number of aryl methyl sites for hydroxylation is 2. The number of hydrogen-bond acceptors (Lipinski definition) is 2. The molecule has 3 heteroatoms. The van der Waals surface area contributed by atoms with E-state index in [1.165, 1.54) is 11.1 Å². The Bertz CT molecular complexity index is 431. The van der Waals surface area contributed by atoms with Gasteiger partial charge in [-0.3, -0.25) is 4.79 Å². The van der Waals surface area contributed by atoms with Gasteiger partial charge in [0.05, 0.1) is 0 Å². The van der Waals surface area contributed by atoms with Gasteiger partial charge in [0.25, 0.3) is 0 Å². The van der Waals surface area contributed by atoms with E-state index in [-0.39, 0.29) is 18.4 Å². The van der Waals surface area contributed by atoms with Crippen LogP contribution < -0.4 is 0 Å². The second kappa shape index (κ2) is 6.71. The summed E-state index contributed by atoms with van der Waals surface area (Å²) in [6, 6.07) is 8.23. The third-order valence-corrected chi connectivity index (χ3v) is 4.00. The van der Waals surface area contributed by atoms with Gasteiger partial charge in [0.1, 0.15) is 0 Å². The van der Waals surface area contributed by atoms with Gasteiger partial charge in [0.15, 0.2) is 0 Å². The maximum Gasteiger partial charge on any atom is 0.222 e. The number of aliphatic hydroxyl groups is 1. The molecule has 1 atom stereocenters. The molecule has 1 heterocycles. The Balaban J connectivity index is 1.86. The van der Waals surface area contributed by atoms with Crippen molar-refractivity contribution in [1.29, 1.82) is 0 Å². The van der Waals surface area contributed by atoms with Gasteiger partial charge in [0, 0.05) is 26.1 Å². The minimum Gasteiger partial charge on any atom is -0.396 e. The van der Waals surface area contributed by atoms with Crippen LogP contribution in [0.1, 0.15) is 30.4 Å². The van der Waals surface area contributed by atoms with Crippen LogP contribution in [-0.2, 0) is 11.2 Å². The lowest BCUT2D eigenvalue weighted by atomic mass is 9.98. The lowest BCUT2D eigenvalue weighted by Crippen LogP contribution is -2.41. The van der Waals surface area contributed by atoms with Crippen LogP contribution in [-0.4, -0.2) is 35.6 Å². The number of amides is 1. The molecule has 0 bridgehead atoms. The number of piperidine rings is 1. The van der Waals surface area contributed by atoms with Crippen molar-refractivity contribution in [3.05, 3.63) is 35.4 Å². The molecule has 1 aromatic rings. The summed E-state index contributed by atoms with van der Waals surface area (Å²) >= 11 is 0. The second-order valence-electron chi connectivity index (χ2n) is 5.46. The fourth-order valence-corrected chi connectivity index (χ4v) is 2.73. The molecule has 1 unspecified atom stereocenters. The Labute approximate surface area is 115 Å². The molecule has 19 heavy (non-hydrogen) atoms. The first kappa shape index (κ1) is 14.1. The molecule has 1 N–H and O–H groups in total. The van der Waals surface area contributed by atoms with E-state index in [0.29, 0.717) is 6.42 Å². The second-order valence-corrected chi connectivity index (χ2v) is 5.46. The molecule has 2 rings (SSSR count). The summed E-state index contributed by atoms with van der Waals surface area (Å²) in [6.45, 7) is 3.86. The van der Waals surface area contributed by atoms with Gasteiger partial charge in [-0.05, 0) is 43.2 Å². The number of aliphatic hydroxyl groups excluding tert-OH is 1. The highest BCUT2D eigenvalue weighted by atomic mass is 16.3. The number of nitrogens with zero attached hydrogens (tertiary/aromatic N) is 1. The van der Waals surface area contributed by atoms with Crippen LogP contribution in [0.3, 0.4) is 0 Å². The average Bonchev–Trinajstić information content (AvgIpc) is 2.46. The van der Waals surface area contributed by atoms with Crippen LogP contribution in [0.25, 0.3) is 0 Å². The van der Waals surface area contributed by atoms with Gasteiger partial charge in [0.2, 0.25) is 5.91 Å². The standard InChI is InChI=1S/C16H23NO2/c1-13-5-2-3-7-15(13)8-9-16(19)17-10-4-6-14(11-17)12-18/h2-3,5,7,14,18H,4,6,8-12H2,1H3. The van der Waals surface area contributed by atoms with Crippen molar-refractivity contribution in [3.63, 3.8) is 0 Å². The zero-order valence-electron chi connectivity index (χ0n) is 11.6. The van der Waals surface area contributed by atoms with Crippen molar-refractivity contribution < 1.29 is 9.90 Å². The SMILES string of the molecule is Cc1ccccc1CCC(=O)N1CCCC(CO)C1. The Hall–Kier alpha value is -1.35. The van der Waals surface area contributed by atoms with Crippen LogP contribution >= 0.6 is 0 Å². The first-order valence-corrected chi connectivity index (χ1v) is 7.14. The van der Waals surface area contributed by atoms with Gasteiger partial charge < -0.3 is 10.0 Å². The van der Waals surface area contributed by atoms with Crippen molar-refractivity contribution in [3.8, 4) is 0 Å². The van der Waals surface area contributed by atoms with E-state index < -0.39 is 0 Å². The predicted molar refractivity (Wildman–Crippen MR) is 75.9 cm³/mol. The van der Waals surface area contributed by atoms with E-state index >= 15 is 0 Å². The van der Waals surface area contributed by atoms with Gasteiger partial charge in [-0.15, -0.1) is 0 Å². The molecule has 1 aliphatic rings. The van der Waals surface area contributed by atoms with Crippen LogP contribution in [0.4, 0.5) is 0 Å². The van der Waals surface area contributed by atoms with E-state index in [1.54, 1.807) is 0 Å². The maximum absolute atomic E-state index is 12.2. The first-order chi connectivity index (χ1) is 9.20. The van der Waals surface area contributed by atoms with Crippen molar-refractivity contribution in [1.82, 2.24) is 4.90 Å². The highest BCUT2D eigenvalue weighted by molar-refractivity contribution is 5.76. The molecule has 1 aromatic carbocycles. The molecule has 0 saturated carbocycles. The fraction of sp³-hybridized carbons (Fsp3) is 0.562. The van der Waals surface area contributed by atoms with E-state index in [0.717, 1.165) is 32.4 Å². The number of benzene rings is 1. The van der Waals surface area contributed by atoms with Crippen LogP contribution in [0.5, 0.6) is 0 Å². The van der Waals surface area contributed by atoms with Crippen LogP contribution in [0.15, 0.2) is 24.3 Å². The zero-order chi connectivity index (χ0) is 13.7. The molecular formula is C16H23NO2. The third-order valence-electron chi connectivity index (χ3n) is 4.00. The molecule has 0 aliphatic carbocycles. The van der Waals surface area contributed by atoms with Gasteiger partial charge in [-0.1, -0.05) is 24.3 Å². The molecule has 0 radical (unpaired) electrons. The molecular weight excluding hydrogens is 238 g/mol. The van der Waals surface area contributed by atoms with Crippen molar-refractivity contribution in [2.24, 2.45) is 5.92 Å². The first-order valence-electron chi connectivity index (χ1n) is 7.14. The van der Waals surface area contributed by atoms with Gasteiger partial charge in [-0.25, -0.2) is 0 Å². The minimum absolute atomic E-state index is 0.196. The molecule has 1 fully saturated rings. The Morgan fingerprint density at radius 2 is 2.21 bits per heavy atom. The summed E-state index contributed by atoms with van der Waals surface area (Å²) in [4.78, 5) is 14.1. The van der Waals surface area contributed by atoms with E-state index in [2.05, 4.69) is 19.1 Å². The van der Waals surface area contributed by atoms with E-state index in [1.807, 2.05) is 17.0 Å². The number of likely N-dealkylation sites (tertiary alicyclic amines) is 1. The molecule has 0 spiro atoms. The summed E-state index contributed by atoms with van der Waals surface area (Å²) in [6.07, 6.45) is 3.44. The van der Waals surface area contributed by atoms with Crippen LogP contribution in [0.2, 0.25) is 0 Å². The quantitative estimate of drug-likeness (QED) is 0.902.